The minimum Gasteiger partial charge on any atom is -0.484 e. The van der Waals surface area contributed by atoms with Gasteiger partial charge in [-0.25, -0.2) is 8.78 Å². The number of halogens is 2. The predicted molar refractivity (Wildman–Crippen MR) is 81.0 cm³/mol. The summed E-state index contributed by atoms with van der Waals surface area (Å²) in [7, 11) is 0. The molecular weight excluding hydrogens is 304 g/mol. The molecule has 0 saturated heterocycles. The molecule has 2 aromatic carbocycles. The highest BCUT2D eigenvalue weighted by Crippen LogP contribution is 2.19. The van der Waals surface area contributed by atoms with E-state index in [4.69, 9.17) is 4.74 Å². The van der Waals surface area contributed by atoms with Gasteiger partial charge in [-0.1, -0.05) is 18.2 Å². The van der Waals surface area contributed by atoms with Crippen molar-refractivity contribution in [3.63, 3.8) is 0 Å². The van der Waals surface area contributed by atoms with Gasteiger partial charge in [-0.05, 0) is 36.8 Å². The first kappa shape index (κ1) is 16.9. The van der Waals surface area contributed by atoms with Crippen LogP contribution in [0.5, 0.6) is 5.75 Å². The standard InChI is InChI=1S/C17H17F2NO3/c1-11-4-2-5-12(8-11)23-10-16(22)20-9-15(21)17-13(18)6-3-7-14(17)19/h2-8,15,21H,9-10H2,1H3,(H,20,22). The third-order valence-electron chi connectivity index (χ3n) is 3.18. The molecule has 0 aliphatic heterocycles. The molecule has 0 saturated carbocycles. The summed E-state index contributed by atoms with van der Waals surface area (Å²) in [5.41, 5.74) is 0.528. The van der Waals surface area contributed by atoms with Gasteiger partial charge in [0.2, 0.25) is 0 Å². The number of aliphatic hydroxyl groups is 1. The topological polar surface area (TPSA) is 58.6 Å². The lowest BCUT2D eigenvalue weighted by Crippen LogP contribution is -2.33. The van der Waals surface area contributed by atoms with Gasteiger partial charge >= 0.3 is 0 Å². The number of nitrogens with one attached hydrogen (secondary N) is 1. The summed E-state index contributed by atoms with van der Waals surface area (Å²) in [6, 6.07) is 10.5. The van der Waals surface area contributed by atoms with Gasteiger partial charge in [0.05, 0.1) is 5.56 Å². The fourth-order valence-corrected chi connectivity index (χ4v) is 2.05. The number of carbonyl (C=O) groups is 1. The van der Waals surface area contributed by atoms with Crippen molar-refractivity contribution in [2.75, 3.05) is 13.2 Å². The number of benzene rings is 2. The molecule has 0 aromatic heterocycles. The molecule has 2 N–H and O–H groups in total. The van der Waals surface area contributed by atoms with Gasteiger partial charge in [-0.2, -0.15) is 0 Å². The van der Waals surface area contributed by atoms with E-state index in [0.717, 1.165) is 17.7 Å². The molecule has 4 nitrogen and oxygen atoms in total. The summed E-state index contributed by atoms with van der Waals surface area (Å²) in [6.45, 7) is 1.33. The molecule has 0 bridgehead atoms. The van der Waals surface area contributed by atoms with Crippen molar-refractivity contribution >= 4 is 5.91 Å². The molecule has 0 radical (unpaired) electrons. The molecule has 2 aromatic rings. The van der Waals surface area contributed by atoms with Crippen LogP contribution in [-0.2, 0) is 4.79 Å². The van der Waals surface area contributed by atoms with Crippen LogP contribution in [0.15, 0.2) is 42.5 Å². The third kappa shape index (κ3) is 4.75. The minimum atomic E-state index is -1.47. The second kappa shape index (κ2) is 7.69. The van der Waals surface area contributed by atoms with E-state index in [1.807, 2.05) is 13.0 Å². The molecule has 6 heteroatoms. The van der Waals surface area contributed by atoms with Crippen LogP contribution in [0.1, 0.15) is 17.2 Å². The lowest BCUT2D eigenvalue weighted by atomic mass is 10.1. The maximum Gasteiger partial charge on any atom is 0.258 e. The van der Waals surface area contributed by atoms with Crippen LogP contribution in [0.4, 0.5) is 8.78 Å². The van der Waals surface area contributed by atoms with Crippen molar-refractivity contribution in [2.45, 2.75) is 13.0 Å². The summed E-state index contributed by atoms with van der Waals surface area (Å²) in [5.74, 6) is -1.67. The molecule has 0 aliphatic carbocycles. The Labute approximate surface area is 132 Å². The summed E-state index contributed by atoms with van der Waals surface area (Å²) >= 11 is 0. The molecule has 1 atom stereocenters. The number of carbonyl (C=O) groups excluding carboxylic acids is 1. The van der Waals surface area contributed by atoms with E-state index in [9.17, 15) is 18.7 Å². The van der Waals surface area contributed by atoms with Crippen LogP contribution < -0.4 is 10.1 Å². The van der Waals surface area contributed by atoms with Crippen molar-refractivity contribution in [1.29, 1.82) is 0 Å². The average molecular weight is 321 g/mol. The van der Waals surface area contributed by atoms with Gasteiger partial charge in [0.25, 0.3) is 5.91 Å². The van der Waals surface area contributed by atoms with Gasteiger partial charge in [0.15, 0.2) is 6.61 Å². The Morgan fingerprint density at radius 1 is 1.22 bits per heavy atom. The molecule has 2 rings (SSSR count). The maximum atomic E-state index is 13.5. The Morgan fingerprint density at radius 2 is 1.87 bits per heavy atom. The largest absolute Gasteiger partial charge is 0.484 e. The van der Waals surface area contributed by atoms with E-state index in [2.05, 4.69) is 5.32 Å². The summed E-state index contributed by atoms with van der Waals surface area (Å²) in [4.78, 5) is 11.7. The van der Waals surface area contributed by atoms with Crippen molar-refractivity contribution < 1.29 is 23.4 Å². The smallest absolute Gasteiger partial charge is 0.258 e. The Bertz CT molecular complexity index is 671. The summed E-state index contributed by atoms with van der Waals surface area (Å²) in [5, 5.41) is 12.2. The van der Waals surface area contributed by atoms with Crippen molar-refractivity contribution in [1.82, 2.24) is 5.32 Å². The lowest BCUT2D eigenvalue weighted by Gasteiger charge is -2.14. The molecule has 1 unspecified atom stereocenters. The molecule has 0 fully saturated rings. The SMILES string of the molecule is Cc1cccc(OCC(=O)NCC(O)c2c(F)cccc2F)c1. The van der Waals surface area contributed by atoms with Crippen LogP contribution in [0.25, 0.3) is 0 Å². The minimum absolute atomic E-state index is 0.254. The number of rotatable bonds is 6. The molecule has 0 heterocycles. The quantitative estimate of drug-likeness (QED) is 0.859. The zero-order chi connectivity index (χ0) is 16.8. The van der Waals surface area contributed by atoms with E-state index >= 15 is 0 Å². The normalized spacial score (nSPS) is 11.8. The summed E-state index contributed by atoms with van der Waals surface area (Å²) in [6.07, 6.45) is -1.47. The fraction of sp³-hybridized carbons (Fsp3) is 0.235. The Morgan fingerprint density at radius 3 is 2.52 bits per heavy atom. The Kier molecular flexibility index (Phi) is 5.65. The van der Waals surface area contributed by atoms with Crippen molar-refractivity contribution in [3.05, 3.63) is 65.2 Å². The lowest BCUT2D eigenvalue weighted by molar-refractivity contribution is -0.123. The fourth-order valence-electron chi connectivity index (χ4n) is 2.05. The molecule has 0 aliphatic rings. The van der Waals surface area contributed by atoms with Crippen LogP contribution in [-0.4, -0.2) is 24.2 Å². The summed E-state index contributed by atoms with van der Waals surface area (Å²) < 4.78 is 32.3. The first-order valence-electron chi connectivity index (χ1n) is 7.05. The molecular formula is C17H17F2NO3. The Hall–Kier alpha value is -2.47. The third-order valence-corrected chi connectivity index (χ3v) is 3.18. The average Bonchev–Trinajstić information content (AvgIpc) is 2.51. The number of hydrogen-bond acceptors (Lipinski definition) is 3. The first-order valence-corrected chi connectivity index (χ1v) is 7.05. The van der Waals surface area contributed by atoms with E-state index in [-0.39, 0.29) is 13.2 Å². The number of amides is 1. The van der Waals surface area contributed by atoms with Gasteiger partial charge in [0.1, 0.15) is 23.5 Å². The first-order chi connectivity index (χ1) is 11.0. The number of aryl methyl sites for hydroxylation is 1. The molecule has 23 heavy (non-hydrogen) atoms. The van der Waals surface area contributed by atoms with E-state index in [1.165, 1.54) is 6.07 Å². The van der Waals surface area contributed by atoms with Gasteiger partial charge in [-0.15, -0.1) is 0 Å². The van der Waals surface area contributed by atoms with Gasteiger partial charge in [0, 0.05) is 6.54 Å². The number of hydrogen-bond donors (Lipinski definition) is 2. The van der Waals surface area contributed by atoms with E-state index < -0.39 is 29.2 Å². The zero-order valence-electron chi connectivity index (χ0n) is 12.6. The van der Waals surface area contributed by atoms with E-state index in [0.29, 0.717) is 5.75 Å². The van der Waals surface area contributed by atoms with Crippen LogP contribution in [0, 0.1) is 18.6 Å². The molecule has 122 valence electrons. The monoisotopic (exact) mass is 321 g/mol. The van der Waals surface area contributed by atoms with E-state index in [1.54, 1.807) is 18.2 Å². The van der Waals surface area contributed by atoms with Crippen molar-refractivity contribution in [2.24, 2.45) is 0 Å². The van der Waals surface area contributed by atoms with Crippen LogP contribution in [0.3, 0.4) is 0 Å². The van der Waals surface area contributed by atoms with Gasteiger partial charge in [-0.3, -0.25) is 4.79 Å². The highest BCUT2D eigenvalue weighted by molar-refractivity contribution is 5.77. The predicted octanol–water partition coefficient (Wildman–Crippen LogP) is 2.50. The second-order valence-corrected chi connectivity index (χ2v) is 5.06. The number of aliphatic hydroxyl groups excluding tert-OH is 1. The zero-order valence-corrected chi connectivity index (χ0v) is 12.6. The number of ether oxygens (including phenoxy) is 1. The Balaban J connectivity index is 1.84. The highest BCUT2D eigenvalue weighted by atomic mass is 19.1. The molecule has 0 spiro atoms. The second-order valence-electron chi connectivity index (χ2n) is 5.06. The maximum absolute atomic E-state index is 13.5. The van der Waals surface area contributed by atoms with Gasteiger partial charge < -0.3 is 15.2 Å². The van der Waals surface area contributed by atoms with Crippen LogP contribution >= 0.6 is 0 Å². The van der Waals surface area contributed by atoms with Crippen molar-refractivity contribution in [3.8, 4) is 5.75 Å². The van der Waals surface area contributed by atoms with Crippen LogP contribution in [0.2, 0.25) is 0 Å². The molecule has 1 amide bonds. The highest BCUT2D eigenvalue weighted by Gasteiger charge is 2.18.